The van der Waals surface area contributed by atoms with Gasteiger partial charge < -0.3 is 19.3 Å². The maximum atomic E-state index is 12.9. The van der Waals surface area contributed by atoms with E-state index in [9.17, 15) is 9.59 Å². The van der Waals surface area contributed by atoms with Gasteiger partial charge in [0.1, 0.15) is 13.2 Å². The second-order valence-corrected chi connectivity index (χ2v) is 7.74. The van der Waals surface area contributed by atoms with Crippen LogP contribution in [0.15, 0.2) is 18.2 Å². The number of hydrogen-bond donors (Lipinski definition) is 0. The van der Waals surface area contributed by atoms with Crippen molar-refractivity contribution in [1.29, 1.82) is 0 Å². The molecular formula is C21H28N2O4. The van der Waals surface area contributed by atoms with E-state index in [-0.39, 0.29) is 11.8 Å². The average molecular weight is 372 g/mol. The predicted molar refractivity (Wildman–Crippen MR) is 101 cm³/mol. The van der Waals surface area contributed by atoms with E-state index < -0.39 is 0 Å². The zero-order valence-corrected chi connectivity index (χ0v) is 15.8. The molecule has 1 unspecified atom stereocenters. The van der Waals surface area contributed by atoms with E-state index in [1.54, 1.807) is 6.07 Å². The van der Waals surface area contributed by atoms with Gasteiger partial charge in [0.05, 0.1) is 0 Å². The first-order chi connectivity index (χ1) is 13.2. The summed E-state index contributed by atoms with van der Waals surface area (Å²) >= 11 is 0. The molecule has 146 valence electrons. The van der Waals surface area contributed by atoms with Gasteiger partial charge in [-0.2, -0.15) is 0 Å². The SMILES string of the molecule is O=C(CCC1CCCN(C(=O)c2ccc3c(c2)OCCO3)C1)N1CCCC1. The number of likely N-dealkylation sites (tertiary alicyclic amines) is 2. The van der Waals surface area contributed by atoms with E-state index in [1.807, 2.05) is 21.9 Å². The molecule has 3 heterocycles. The number of fused-ring (bicyclic) bond motifs is 1. The number of ether oxygens (including phenoxy) is 2. The Morgan fingerprint density at radius 2 is 1.70 bits per heavy atom. The fourth-order valence-electron chi connectivity index (χ4n) is 4.30. The molecule has 4 rings (SSSR count). The third kappa shape index (κ3) is 4.20. The predicted octanol–water partition coefficient (Wildman–Crippen LogP) is 2.71. The van der Waals surface area contributed by atoms with E-state index in [1.165, 1.54) is 0 Å². The third-order valence-electron chi connectivity index (χ3n) is 5.82. The highest BCUT2D eigenvalue weighted by Gasteiger charge is 2.27. The molecule has 0 bridgehead atoms. The monoisotopic (exact) mass is 372 g/mol. The van der Waals surface area contributed by atoms with Crippen molar-refractivity contribution in [3.63, 3.8) is 0 Å². The summed E-state index contributed by atoms with van der Waals surface area (Å²) in [5.41, 5.74) is 0.646. The first-order valence-corrected chi connectivity index (χ1v) is 10.2. The quantitative estimate of drug-likeness (QED) is 0.815. The number of amides is 2. The molecule has 0 radical (unpaired) electrons. The van der Waals surface area contributed by atoms with Crippen molar-refractivity contribution in [3.05, 3.63) is 23.8 Å². The summed E-state index contributed by atoms with van der Waals surface area (Å²) in [7, 11) is 0. The van der Waals surface area contributed by atoms with Gasteiger partial charge in [-0.05, 0) is 56.2 Å². The molecule has 1 aromatic rings. The summed E-state index contributed by atoms with van der Waals surface area (Å²) in [4.78, 5) is 29.1. The zero-order valence-electron chi connectivity index (χ0n) is 15.8. The van der Waals surface area contributed by atoms with Gasteiger partial charge in [0.2, 0.25) is 5.91 Å². The minimum atomic E-state index is 0.0440. The Morgan fingerprint density at radius 3 is 2.52 bits per heavy atom. The van der Waals surface area contributed by atoms with Crippen molar-refractivity contribution in [1.82, 2.24) is 9.80 Å². The largest absolute Gasteiger partial charge is 0.486 e. The van der Waals surface area contributed by atoms with Crippen molar-refractivity contribution < 1.29 is 19.1 Å². The molecule has 6 heteroatoms. The molecule has 0 aliphatic carbocycles. The Hall–Kier alpha value is -2.24. The average Bonchev–Trinajstić information content (AvgIpc) is 3.26. The molecule has 6 nitrogen and oxygen atoms in total. The Balaban J connectivity index is 1.33. The molecule has 2 amide bonds. The second-order valence-electron chi connectivity index (χ2n) is 7.74. The van der Waals surface area contributed by atoms with Crippen LogP contribution in [0.3, 0.4) is 0 Å². The minimum Gasteiger partial charge on any atom is -0.486 e. The van der Waals surface area contributed by atoms with Crippen molar-refractivity contribution in [2.75, 3.05) is 39.4 Å². The summed E-state index contributed by atoms with van der Waals surface area (Å²) in [5.74, 6) is 2.09. The summed E-state index contributed by atoms with van der Waals surface area (Å²) < 4.78 is 11.1. The molecule has 3 aliphatic rings. The molecule has 1 atom stereocenters. The topological polar surface area (TPSA) is 59.1 Å². The van der Waals surface area contributed by atoms with Crippen LogP contribution in [0.5, 0.6) is 11.5 Å². The van der Waals surface area contributed by atoms with Crippen LogP contribution in [-0.4, -0.2) is 61.0 Å². The number of nitrogens with zero attached hydrogens (tertiary/aromatic N) is 2. The zero-order chi connectivity index (χ0) is 18.6. The molecule has 2 fully saturated rings. The highest BCUT2D eigenvalue weighted by atomic mass is 16.6. The Labute approximate surface area is 160 Å². The Morgan fingerprint density at radius 1 is 0.963 bits per heavy atom. The summed E-state index contributed by atoms with van der Waals surface area (Å²) in [6.07, 6.45) is 5.84. The summed E-state index contributed by atoms with van der Waals surface area (Å²) in [6.45, 7) is 4.41. The number of carbonyl (C=O) groups is 2. The van der Waals surface area contributed by atoms with Crippen LogP contribution in [0.1, 0.15) is 48.9 Å². The molecule has 0 spiro atoms. The standard InChI is InChI=1S/C21H28N2O4/c24-20(22-9-1-2-10-22)8-5-16-4-3-11-23(15-16)21(25)17-6-7-18-19(14-17)27-13-12-26-18/h6-7,14,16H,1-5,8-13,15H2. The summed E-state index contributed by atoms with van der Waals surface area (Å²) in [6, 6.07) is 5.42. The lowest BCUT2D eigenvalue weighted by Gasteiger charge is -2.33. The molecule has 1 aromatic carbocycles. The van der Waals surface area contributed by atoms with Crippen molar-refractivity contribution in [3.8, 4) is 11.5 Å². The smallest absolute Gasteiger partial charge is 0.254 e. The van der Waals surface area contributed by atoms with E-state index in [2.05, 4.69) is 0 Å². The maximum absolute atomic E-state index is 12.9. The van der Waals surface area contributed by atoms with Crippen molar-refractivity contribution >= 4 is 11.8 Å². The van der Waals surface area contributed by atoms with Gasteiger partial charge in [0, 0.05) is 38.2 Å². The van der Waals surface area contributed by atoms with Gasteiger partial charge in [-0.15, -0.1) is 0 Å². The number of piperidine rings is 1. The van der Waals surface area contributed by atoms with Gasteiger partial charge in [-0.3, -0.25) is 9.59 Å². The van der Waals surface area contributed by atoms with E-state index in [0.29, 0.717) is 42.6 Å². The van der Waals surface area contributed by atoms with Crippen LogP contribution in [0.4, 0.5) is 0 Å². The van der Waals surface area contributed by atoms with Gasteiger partial charge >= 0.3 is 0 Å². The lowest BCUT2D eigenvalue weighted by atomic mass is 9.92. The first-order valence-electron chi connectivity index (χ1n) is 10.2. The van der Waals surface area contributed by atoms with Crippen molar-refractivity contribution in [2.24, 2.45) is 5.92 Å². The fourth-order valence-corrected chi connectivity index (χ4v) is 4.30. The number of hydrogen-bond acceptors (Lipinski definition) is 4. The van der Waals surface area contributed by atoms with Crippen LogP contribution in [-0.2, 0) is 4.79 Å². The number of benzene rings is 1. The molecule has 0 aromatic heterocycles. The highest BCUT2D eigenvalue weighted by Crippen LogP contribution is 2.32. The minimum absolute atomic E-state index is 0.0440. The van der Waals surface area contributed by atoms with E-state index in [0.717, 1.165) is 58.3 Å². The Kier molecular flexibility index (Phi) is 5.50. The lowest BCUT2D eigenvalue weighted by Crippen LogP contribution is -2.40. The molecule has 3 aliphatic heterocycles. The van der Waals surface area contributed by atoms with Gasteiger partial charge in [-0.1, -0.05) is 0 Å². The maximum Gasteiger partial charge on any atom is 0.254 e. The normalized spacial score (nSPS) is 22.0. The Bertz CT molecular complexity index is 699. The molecule has 0 saturated carbocycles. The van der Waals surface area contributed by atoms with Crippen LogP contribution in [0, 0.1) is 5.92 Å². The van der Waals surface area contributed by atoms with Crippen LogP contribution in [0.2, 0.25) is 0 Å². The van der Waals surface area contributed by atoms with Crippen molar-refractivity contribution in [2.45, 2.75) is 38.5 Å². The fraction of sp³-hybridized carbons (Fsp3) is 0.619. The third-order valence-corrected chi connectivity index (χ3v) is 5.82. The first kappa shape index (κ1) is 18.1. The van der Waals surface area contributed by atoms with Gasteiger partial charge in [0.15, 0.2) is 11.5 Å². The van der Waals surface area contributed by atoms with Crippen LogP contribution < -0.4 is 9.47 Å². The second kappa shape index (κ2) is 8.19. The molecule has 27 heavy (non-hydrogen) atoms. The van der Waals surface area contributed by atoms with Gasteiger partial charge in [-0.25, -0.2) is 0 Å². The van der Waals surface area contributed by atoms with Crippen LogP contribution >= 0.6 is 0 Å². The van der Waals surface area contributed by atoms with E-state index in [4.69, 9.17) is 9.47 Å². The number of rotatable bonds is 4. The molecule has 2 saturated heterocycles. The number of carbonyl (C=O) groups excluding carboxylic acids is 2. The summed E-state index contributed by atoms with van der Waals surface area (Å²) in [5, 5.41) is 0. The van der Waals surface area contributed by atoms with E-state index >= 15 is 0 Å². The van der Waals surface area contributed by atoms with Gasteiger partial charge in [0.25, 0.3) is 5.91 Å². The lowest BCUT2D eigenvalue weighted by molar-refractivity contribution is -0.130. The molecular weight excluding hydrogens is 344 g/mol. The van der Waals surface area contributed by atoms with Crippen LogP contribution in [0.25, 0.3) is 0 Å². The highest BCUT2D eigenvalue weighted by molar-refractivity contribution is 5.95. The molecule has 0 N–H and O–H groups in total.